The smallest absolute Gasteiger partial charge is 0.123 e. The Morgan fingerprint density at radius 3 is 2.85 bits per heavy atom. The Hall–Kier alpha value is -1.41. The third kappa shape index (κ3) is 1.19. The van der Waals surface area contributed by atoms with Crippen molar-refractivity contribution in [1.29, 1.82) is 0 Å². The van der Waals surface area contributed by atoms with E-state index in [1.165, 1.54) is 5.39 Å². The second-order valence-corrected chi connectivity index (χ2v) is 3.25. The van der Waals surface area contributed by atoms with E-state index in [1.807, 2.05) is 24.3 Å². The Kier molecular flexibility index (Phi) is 1.37. The van der Waals surface area contributed by atoms with Crippen molar-refractivity contribution in [3.05, 3.63) is 42.1 Å². The first kappa shape index (κ1) is 7.04. The van der Waals surface area contributed by atoms with Crippen LogP contribution >= 0.6 is 0 Å². The Bertz CT molecular complexity index is 449. The van der Waals surface area contributed by atoms with E-state index in [2.05, 4.69) is 17.1 Å². The highest BCUT2D eigenvalue weighted by Crippen LogP contribution is 2.29. The quantitative estimate of drug-likeness (QED) is 0.615. The zero-order valence-corrected chi connectivity index (χ0v) is 7.10. The molecule has 3 rings (SSSR count). The number of benzene rings is 1. The van der Waals surface area contributed by atoms with E-state index in [0.717, 1.165) is 17.8 Å². The predicted octanol–water partition coefficient (Wildman–Crippen LogP) is 2.31. The Morgan fingerprint density at radius 2 is 2.00 bits per heavy atom. The molecule has 1 fully saturated rings. The molecule has 0 saturated carbocycles. The number of nitrogens with zero attached hydrogens (tertiary/aromatic N) is 1. The molecule has 1 atom stereocenters. The zero-order chi connectivity index (χ0) is 8.67. The Balaban J connectivity index is 2.21. The lowest BCUT2D eigenvalue weighted by atomic mass is 10.2. The minimum Gasteiger partial charge on any atom is -0.366 e. The lowest BCUT2D eigenvalue weighted by Gasteiger charge is -1.98. The second-order valence-electron chi connectivity index (χ2n) is 3.25. The van der Waals surface area contributed by atoms with E-state index in [0.29, 0.717) is 0 Å². The third-order valence-corrected chi connectivity index (χ3v) is 2.28. The summed E-state index contributed by atoms with van der Waals surface area (Å²) in [6.45, 7) is 0.825. The van der Waals surface area contributed by atoms with E-state index >= 15 is 0 Å². The molecule has 1 aliphatic heterocycles. The van der Waals surface area contributed by atoms with E-state index < -0.39 is 0 Å². The average molecular weight is 171 g/mol. The fourth-order valence-corrected chi connectivity index (χ4v) is 1.48. The zero-order valence-electron chi connectivity index (χ0n) is 7.10. The van der Waals surface area contributed by atoms with Crippen LogP contribution in [-0.2, 0) is 4.74 Å². The van der Waals surface area contributed by atoms with Gasteiger partial charge in [0.05, 0.1) is 17.8 Å². The van der Waals surface area contributed by atoms with Crippen LogP contribution in [0.5, 0.6) is 0 Å². The van der Waals surface area contributed by atoms with Gasteiger partial charge in [0.25, 0.3) is 0 Å². The topological polar surface area (TPSA) is 25.4 Å². The minimum absolute atomic E-state index is 0.254. The summed E-state index contributed by atoms with van der Waals surface area (Å²) in [7, 11) is 0. The highest BCUT2D eigenvalue weighted by Gasteiger charge is 2.25. The molecule has 64 valence electrons. The van der Waals surface area contributed by atoms with Crippen molar-refractivity contribution in [2.75, 3.05) is 6.61 Å². The molecule has 2 aromatic rings. The van der Waals surface area contributed by atoms with Gasteiger partial charge in [-0.25, -0.2) is 4.98 Å². The van der Waals surface area contributed by atoms with Gasteiger partial charge >= 0.3 is 0 Å². The van der Waals surface area contributed by atoms with Crippen LogP contribution in [0.2, 0.25) is 0 Å². The summed E-state index contributed by atoms with van der Waals surface area (Å²) in [6, 6.07) is 12.3. The third-order valence-electron chi connectivity index (χ3n) is 2.28. The van der Waals surface area contributed by atoms with E-state index in [9.17, 15) is 0 Å². The Morgan fingerprint density at radius 1 is 1.15 bits per heavy atom. The van der Waals surface area contributed by atoms with Gasteiger partial charge in [0, 0.05) is 5.39 Å². The van der Waals surface area contributed by atoms with Gasteiger partial charge in [0.2, 0.25) is 0 Å². The average Bonchev–Trinajstić information content (AvgIpc) is 3.00. The van der Waals surface area contributed by atoms with E-state index in [-0.39, 0.29) is 6.10 Å². The standard InChI is InChI=1S/C11H9NO/c1-2-4-9-8(3-1)5-6-10(12-9)11-7-13-11/h1-6,11H,7H2/t11-/m1/s1. The summed E-state index contributed by atoms with van der Waals surface area (Å²) in [6.07, 6.45) is 0.254. The van der Waals surface area contributed by atoms with Crippen molar-refractivity contribution in [3.63, 3.8) is 0 Å². The molecular formula is C11H9NO. The van der Waals surface area contributed by atoms with Gasteiger partial charge in [-0.3, -0.25) is 0 Å². The number of rotatable bonds is 1. The molecule has 0 spiro atoms. The molecule has 13 heavy (non-hydrogen) atoms. The first-order valence-corrected chi connectivity index (χ1v) is 4.41. The van der Waals surface area contributed by atoms with Crippen molar-refractivity contribution in [1.82, 2.24) is 4.98 Å². The molecule has 0 unspecified atom stereocenters. The van der Waals surface area contributed by atoms with Crippen LogP contribution in [0.4, 0.5) is 0 Å². The predicted molar refractivity (Wildman–Crippen MR) is 50.4 cm³/mol. The summed E-state index contributed by atoms with van der Waals surface area (Å²) in [5.41, 5.74) is 2.11. The van der Waals surface area contributed by atoms with Crippen molar-refractivity contribution in [2.24, 2.45) is 0 Å². The number of hydrogen-bond acceptors (Lipinski definition) is 2. The second kappa shape index (κ2) is 2.54. The molecule has 0 bridgehead atoms. The molecule has 1 aliphatic rings. The SMILES string of the molecule is c1ccc2nc([C@H]3CO3)ccc2c1. The van der Waals surface area contributed by atoms with E-state index in [1.54, 1.807) is 0 Å². The lowest BCUT2D eigenvalue weighted by Crippen LogP contribution is -1.87. The number of aromatic nitrogens is 1. The molecule has 0 aliphatic carbocycles. The van der Waals surface area contributed by atoms with Gasteiger partial charge in [-0.05, 0) is 12.1 Å². The molecule has 1 saturated heterocycles. The van der Waals surface area contributed by atoms with Crippen LogP contribution in [0.25, 0.3) is 10.9 Å². The lowest BCUT2D eigenvalue weighted by molar-refractivity contribution is 0.412. The molecule has 2 heteroatoms. The molecule has 2 heterocycles. The largest absolute Gasteiger partial charge is 0.366 e. The normalized spacial score (nSPS) is 20.5. The summed E-state index contributed by atoms with van der Waals surface area (Å²) in [5.74, 6) is 0. The van der Waals surface area contributed by atoms with Crippen LogP contribution in [0.3, 0.4) is 0 Å². The minimum atomic E-state index is 0.254. The number of pyridine rings is 1. The summed E-state index contributed by atoms with van der Waals surface area (Å²) in [5, 5.41) is 1.19. The molecular weight excluding hydrogens is 162 g/mol. The van der Waals surface area contributed by atoms with Gasteiger partial charge in [0.15, 0.2) is 0 Å². The first-order valence-electron chi connectivity index (χ1n) is 4.41. The highest BCUT2D eigenvalue weighted by atomic mass is 16.6. The molecule has 1 aromatic carbocycles. The van der Waals surface area contributed by atoms with Crippen molar-refractivity contribution in [2.45, 2.75) is 6.10 Å². The highest BCUT2D eigenvalue weighted by molar-refractivity contribution is 5.78. The van der Waals surface area contributed by atoms with Gasteiger partial charge < -0.3 is 4.74 Å². The molecule has 0 radical (unpaired) electrons. The maximum atomic E-state index is 5.18. The van der Waals surface area contributed by atoms with E-state index in [4.69, 9.17) is 4.74 Å². The Labute approximate surface area is 76.2 Å². The van der Waals surface area contributed by atoms with Gasteiger partial charge in [-0.2, -0.15) is 0 Å². The van der Waals surface area contributed by atoms with Crippen molar-refractivity contribution < 1.29 is 4.74 Å². The number of fused-ring (bicyclic) bond motifs is 1. The maximum absolute atomic E-state index is 5.18. The van der Waals surface area contributed by atoms with Gasteiger partial charge in [0.1, 0.15) is 6.10 Å². The van der Waals surface area contributed by atoms with Crippen molar-refractivity contribution >= 4 is 10.9 Å². The molecule has 0 N–H and O–H groups in total. The van der Waals surface area contributed by atoms with Crippen LogP contribution in [0.1, 0.15) is 11.8 Å². The fourth-order valence-electron chi connectivity index (χ4n) is 1.48. The summed E-state index contributed by atoms with van der Waals surface area (Å²) < 4.78 is 5.18. The van der Waals surface area contributed by atoms with Crippen LogP contribution in [0.15, 0.2) is 36.4 Å². The van der Waals surface area contributed by atoms with Crippen LogP contribution in [0, 0.1) is 0 Å². The number of ether oxygens (including phenoxy) is 1. The van der Waals surface area contributed by atoms with Crippen LogP contribution in [-0.4, -0.2) is 11.6 Å². The summed E-state index contributed by atoms with van der Waals surface area (Å²) >= 11 is 0. The summed E-state index contributed by atoms with van der Waals surface area (Å²) in [4.78, 5) is 4.51. The molecule has 0 amide bonds. The molecule has 1 aromatic heterocycles. The fraction of sp³-hybridized carbons (Fsp3) is 0.182. The van der Waals surface area contributed by atoms with Crippen LogP contribution < -0.4 is 0 Å². The number of epoxide rings is 1. The van der Waals surface area contributed by atoms with Gasteiger partial charge in [-0.15, -0.1) is 0 Å². The van der Waals surface area contributed by atoms with Gasteiger partial charge in [-0.1, -0.05) is 24.3 Å². The maximum Gasteiger partial charge on any atom is 0.123 e. The number of para-hydroxylation sites is 1. The van der Waals surface area contributed by atoms with Crippen molar-refractivity contribution in [3.8, 4) is 0 Å². The monoisotopic (exact) mass is 171 g/mol. The first-order chi connectivity index (χ1) is 6.43. The number of hydrogen-bond donors (Lipinski definition) is 0. The molecule has 2 nitrogen and oxygen atoms in total.